The van der Waals surface area contributed by atoms with Gasteiger partial charge in [0.1, 0.15) is 11.5 Å². The zero-order chi connectivity index (χ0) is 15.4. The van der Waals surface area contributed by atoms with Crippen molar-refractivity contribution in [3.05, 3.63) is 23.7 Å². The van der Waals surface area contributed by atoms with Gasteiger partial charge in [-0.3, -0.25) is 9.69 Å². The molecule has 0 radical (unpaired) electrons. The van der Waals surface area contributed by atoms with E-state index < -0.39 is 6.10 Å². The Morgan fingerprint density at radius 2 is 2.19 bits per heavy atom. The van der Waals surface area contributed by atoms with E-state index in [-0.39, 0.29) is 5.91 Å². The number of carbonyl (C=O) groups is 1. The monoisotopic (exact) mass is 294 g/mol. The standard InChI is InChI=1S/C16H26N2O3/c1-12(2)18(11-15-7-6-13(3)21-15)10-14(19)9-17-8-4-5-16(17)20/h6-7,12,14,19H,4-5,8-11H2,1-3H3. The summed E-state index contributed by atoms with van der Waals surface area (Å²) in [6, 6.07) is 4.23. The summed E-state index contributed by atoms with van der Waals surface area (Å²) in [4.78, 5) is 15.5. The van der Waals surface area contributed by atoms with E-state index in [9.17, 15) is 9.90 Å². The molecule has 0 spiro atoms. The molecule has 1 aromatic rings. The number of furan rings is 1. The molecule has 0 saturated carbocycles. The van der Waals surface area contributed by atoms with Gasteiger partial charge in [-0.1, -0.05) is 0 Å². The van der Waals surface area contributed by atoms with Crippen LogP contribution in [0.5, 0.6) is 0 Å². The van der Waals surface area contributed by atoms with Crippen LogP contribution in [0.25, 0.3) is 0 Å². The Balaban J connectivity index is 1.88. The summed E-state index contributed by atoms with van der Waals surface area (Å²) in [7, 11) is 0. The maximum absolute atomic E-state index is 11.6. The molecule has 1 aliphatic heterocycles. The van der Waals surface area contributed by atoms with E-state index in [1.54, 1.807) is 4.90 Å². The molecule has 1 fully saturated rings. The summed E-state index contributed by atoms with van der Waals surface area (Å²) in [5.41, 5.74) is 0. The van der Waals surface area contributed by atoms with Crippen LogP contribution in [0, 0.1) is 6.92 Å². The van der Waals surface area contributed by atoms with Gasteiger partial charge in [0.2, 0.25) is 5.91 Å². The van der Waals surface area contributed by atoms with E-state index >= 15 is 0 Å². The van der Waals surface area contributed by atoms with Crippen molar-refractivity contribution in [3.63, 3.8) is 0 Å². The first-order valence-electron chi connectivity index (χ1n) is 7.71. The molecular formula is C16H26N2O3. The Morgan fingerprint density at radius 3 is 2.71 bits per heavy atom. The topological polar surface area (TPSA) is 56.9 Å². The van der Waals surface area contributed by atoms with E-state index in [0.717, 1.165) is 24.5 Å². The first-order valence-corrected chi connectivity index (χ1v) is 7.71. The number of aliphatic hydroxyl groups excluding tert-OH is 1. The number of rotatable bonds is 7. The molecule has 0 aliphatic carbocycles. The molecule has 1 saturated heterocycles. The molecule has 1 aromatic heterocycles. The summed E-state index contributed by atoms with van der Waals surface area (Å²) in [5, 5.41) is 10.3. The number of carbonyl (C=O) groups excluding carboxylic acids is 1. The Bertz CT molecular complexity index is 470. The van der Waals surface area contributed by atoms with E-state index in [1.165, 1.54) is 0 Å². The predicted molar refractivity (Wildman–Crippen MR) is 80.8 cm³/mol. The minimum absolute atomic E-state index is 0.159. The third-order valence-corrected chi connectivity index (χ3v) is 3.93. The van der Waals surface area contributed by atoms with Crippen molar-refractivity contribution in [1.82, 2.24) is 9.80 Å². The second-order valence-corrected chi connectivity index (χ2v) is 6.13. The molecule has 1 atom stereocenters. The zero-order valence-electron chi connectivity index (χ0n) is 13.2. The van der Waals surface area contributed by atoms with Crippen LogP contribution in [0.2, 0.25) is 0 Å². The van der Waals surface area contributed by atoms with Crippen molar-refractivity contribution in [2.45, 2.75) is 52.3 Å². The van der Waals surface area contributed by atoms with Crippen molar-refractivity contribution >= 4 is 5.91 Å². The minimum Gasteiger partial charge on any atom is -0.465 e. The van der Waals surface area contributed by atoms with Gasteiger partial charge >= 0.3 is 0 Å². The van der Waals surface area contributed by atoms with Gasteiger partial charge in [0.15, 0.2) is 0 Å². The maximum Gasteiger partial charge on any atom is 0.222 e. The van der Waals surface area contributed by atoms with Crippen LogP contribution in [0.4, 0.5) is 0 Å². The van der Waals surface area contributed by atoms with Crippen LogP contribution >= 0.6 is 0 Å². The molecule has 1 unspecified atom stereocenters. The first kappa shape index (κ1) is 16.0. The molecule has 2 heterocycles. The van der Waals surface area contributed by atoms with Gasteiger partial charge in [-0.2, -0.15) is 0 Å². The van der Waals surface area contributed by atoms with E-state index in [1.807, 2.05) is 19.1 Å². The Labute approximate surface area is 126 Å². The number of β-amino-alcohol motifs (C(OH)–C–C–N with tert-alkyl or cyclic N) is 1. The van der Waals surface area contributed by atoms with E-state index in [0.29, 0.717) is 32.1 Å². The highest BCUT2D eigenvalue weighted by molar-refractivity contribution is 5.78. The van der Waals surface area contributed by atoms with Crippen LogP contribution in [0.3, 0.4) is 0 Å². The summed E-state index contributed by atoms with van der Waals surface area (Å²) >= 11 is 0. The Hall–Kier alpha value is -1.33. The molecule has 1 aliphatic rings. The number of likely N-dealkylation sites (tertiary alicyclic amines) is 1. The zero-order valence-corrected chi connectivity index (χ0v) is 13.2. The average Bonchev–Trinajstić information content (AvgIpc) is 2.98. The van der Waals surface area contributed by atoms with Crippen LogP contribution in [0.1, 0.15) is 38.2 Å². The number of amides is 1. The van der Waals surface area contributed by atoms with Gasteiger partial charge in [0.05, 0.1) is 12.6 Å². The Morgan fingerprint density at radius 1 is 1.43 bits per heavy atom. The molecule has 1 N–H and O–H groups in total. The van der Waals surface area contributed by atoms with Crippen molar-refractivity contribution < 1.29 is 14.3 Å². The lowest BCUT2D eigenvalue weighted by Crippen LogP contribution is -2.42. The van der Waals surface area contributed by atoms with Gasteiger partial charge in [0, 0.05) is 32.1 Å². The largest absolute Gasteiger partial charge is 0.465 e. The third-order valence-electron chi connectivity index (χ3n) is 3.93. The molecule has 2 rings (SSSR count). The first-order chi connectivity index (χ1) is 9.95. The van der Waals surface area contributed by atoms with Crippen molar-refractivity contribution in [1.29, 1.82) is 0 Å². The molecule has 1 amide bonds. The summed E-state index contributed by atoms with van der Waals surface area (Å²) in [5.74, 6) is 1.97. The minimum atomic E-state index is -0.523. The maximum atomic E-state index is 11.6. The van der Waals surface area contributed by atoms with Gasteiger partial charge in [-0.05, 0) is 39.3 Å². The smallest absolute Gasteiger partial charge is 0.222 e. The van der Waals surface area contributed by atoms with Crippen molar-refractivity contribution in [3.8, 4) is 0 Å². The van der Waals surface area contributed by atoms with E-state index in [2.05, 4.69) is 18.7 Å². The molecule has 5 nitrogen and oxygen atoms in total. The van der Waals surface area contributed by atoms with Gasteiger partial charge < -0.3 is 14.4 Å². The SMILES string of the molecule is Cc1ccc(CN(CC(O)CN2CCCC2=O)C(C)C)o1. The summed E-state index contributed by atoms with van der Waals surface area (Å²) in [6.45, 7) is 8.55. The van der Waals surface area contributed by atoms with Gasteiger partial charge in [0.25, 0.3) is 0 Å². The molecule has 118 valence electrons. The van der Waals surface area contributed by atoms with Crippen LogP contribution < -0.4 is 0 Å². The second kappa shape index (κ2) is 7.09. The van der Waals surface area contributed by atoms with Crippen molar-refractivity contribution in [2.24, 2.45) is 0 Å². The fourth-order valence-electron chi connectivity index (χ4n) is 2.71. The van der Waals surface area contributed by atoms with Gasteiger partial charge in [-0.25, -0.2) is 0 Å². The molecular weight excluding hydrogens is 268 g/mol. The third kappa shape index (κ3) is 4.58. The number of hydrogen-bond donors (Lipinski definition) is 1. The van der Waals surface area contributed by atoms with Gasteiger partial charge in [-0.15, -0.1) is 0 Å². The predicted octanol–water partition coefficient (Wildman–Crippen LogP) is 1.78. The fraction of sp³-hybridized carbons (Fsp3) is 0.688. The van der Waals surface area contributed by atoms with Crippen LogP contribution in [0.15, 0.2) is 16.5 Å². The highest BCUT2D eigenvalue weighted by Crippen LogP contribution is 2.14. The Kier molecular flexibility index (Phi) is 5.42. The fourth-order valence-corrected chi connectivity index (χ4v) is 2.71. The molecule has 0 aromatic carbocycles. The molecule has 21 heavy (non-hydrogen) atoms. The number of nitrogens with zero attached hydrogens (tertiary/aromatic N) is 2. The second-order valence-electron chi connectivity index (χ2n) is 6.13. The highest BCUT2D eigenvalue weighted by atomic mass is 16.3. The molecule has 5 heteroatoms. The normalized spacial score (nSPS) is 17.2. The number of aryl methyl sites for hydroxylation is 1. The summed E-state index contributed by atoms with van der Waals surface area (Å²) < 4.78 is 5.61. The average molecular weight is 294 g/mol. The lowest BCUT2D eigenvalue weighted by molar-refractivity contribution is -0.129. The lowest BCUT2D eigenvalue weighted by Gasteiger charge is -2.29. The van der Waals surface area contributed by atoms with Crippen LogP contribution in [-0.2, 0) is 11.3 Å². The quantitative estimate of drug-likeness (QED) is 0.833. The number of aliphatic hydroxyl groups is 1. The summed E-state index contributed by atoms with van der Waals surface area (Å²) in [6.07, 6.45) is 1.00. The van der Waals surface area contributed by atoms with Crippen LogP contribution in [-0.4, -0.2) is 52.6 Å². The lowest BCUT2D eigenvalue weighted by atomic mass is 10.2. The number of hydrogen-bond acceptors (Lipinski definition) is 4. The van der Waals surface area contributed by atoms with Crippen molar-refractivity contribution in [2.75, 3.05) is 19.6 Å². The highest BCUT2D eigenvalue weighted by Gasteiger charge is 2.24. The van der Waals surface area contributed by atoms with E-state index in [4.69, 9.17) is 4.42 Å². The molecule has 0 bridgehead atoms.